The highest BCUT2D eigenvalue weighted by atomic mass is 16.1. The second-order valence-electron chi connectivity index (χ2n) is 5.67. The average Bonchev–Trinajstić information content (AvgIpc) is 2.88. The number of pyridine rings is 1. The summed E-state index contributed by atoms with van der Waals surface area (Å²) < 4.78 is 1.82. The van der Waals surface area contributed by atoms with Crippen LogP contribution in [0, 0.1) is 0 Å². The lowest BCUT2D eigenvalue weighted by Gasteiger charge is -2.07. The minimum absolute atomic E-state index is 0.0269. The van der Waals surface area contributed by atoms with E-state index in [-0.39, 0.29) is 5.56 Å². The van der Waals surface area contributed by atoms with Crippen LogP contribution in [0.25, 0.3) is 38.0 Å². The number of hydrogen-bond acceptors (Lipinski definition) is 2. The Kier molecular flexibility index (Phi) is 1.98. The van der Waals surface area contributed by atoms with Gasteiger partial charge in [0, 0.05) is 27.2 Å². The van der Waals surface area contributed by atoms with Gasteiger partial charge in [-0.15, -0.1) is 0 Å². The Labute approximate surface area is 125 Å². The summed E-state index contributed by atoms with van der Waals surface area (Å²) in [6.07, 6.45) is 0. The third kappa shape index (κ3) is 1.24. The number of nitrogen functional groups attached to an aromatic ring is 1. The van der Waals surface area contributed by atoms with Crippen molar-refractivity contribution in [3.05, 3.63) is 71.0 Å². The molecule has 2 aromatic heterocycles. The van der Waals surface area contributed by atoms with Crippen LogP contribution >= 0.6 is 0 Å². The molecule has 5 aromatic rings. The van der Waals surface area contributed by atoms with E-state index in [0.717, 1.165) is 43.7 Å². The fourth-order valence-electron chi connectivity index (χ4n) is 3.56. The molecule has 2 N–H and O–H groups in total. The standard InChI is InChI=1S/C19H12N2O/c20-11-9-15-12-5-1-2-7-14(12)19(22)21-17-8-4-3-6-13(17)16(10-11)18(15)21/h1-10H,20H2. The van der Waals surface area contributed by atoms with Gasteiger partial charge in [0.1, 0.15) is 0 Å². The molecule has 0 amide bonds. The number of benzene rings is 3. The third-order valence-corrected chi connectivity index (χ3v) is 4.44. The summed E-state index contributed by atoms with van der Waals surface area (Å²) in [5.74, 6) is 0. The maximum absolute atomic E-state index is 13.0. The van der Waals surface area contributed by atoms with Crippen LogP contribution in [0.2, 0.25) is 0 Å². The van der Waals surface area contributed by atoms with Gasteiger partial charge in [-0.05, 0) is 29.7 Å². The van der Waals surface area contributed by atoms with Gasteiger partial charge in [-0.2, -0.15) is 0 Å². The number of fused-ring (bicyclic) bond motifs is 5. The molecule has 0 saturated heterocycles. The van der Waals surface area contributed by atoms with E-state index in [9.17, 15) is 4.79 Å². The van der Waals surface area contributed by atoms with Gasteiger partial charge in [0.05, 0.1) is 11.0 Å². The normalized spacial score (nSPS) is 12.0. The Morgan fingerprint density at radius 3 is 2.09 bits per heavy atom. The van der Waals surface area contributed by atoms with Crippen molar-refractivity contribution in [3.8, 4) is 0 Å². The molecule has 0 atom stereocenters. The lowest BCUT2D eigenvalue weighted by atomic mass is 10.0. The second kappa shape index (κ2) is 3.77. The zero-order valence-corrected chi connectivity index (χ0v) is 11.7. The monoisotopic (exact) mass is 284 g/mol. The van der Waals surface area contributed by atoms with Crippen LogP contribution < -0.4 is 11.3 Å². The maximum atomic E-state index is 13.0. The van der Waals surface area contributed by atoms with Crippen LogP contribution in [0.4, 0.5) is 5.69 Å². The number of nitrogens with two attached hydrogens (primary N) is 1. The molecule has 0 bridgehead atoms. The molecule has 3 nitrogen and oxygen atoms in total. The van der Waals surface area contributed by atoms with Crippen LogP contribution in [0.3, 0.4) is 0 Å². The molecule has 3 aromatic carbocycles. The first kappa shape index (κ1) is 11.6. The minimum Gasteiger partial charge on any atom is -0.399 e. The Morgan fingerprint density at radius 2 is 1.32 bits per heavy atom. The molecular weight excluding hydrogens is 272 g/mol. The Hall–Kier alpha value is -3.07. The van der Waals surface area contributed by atoms with E-state index >= 15 is 0 Å². The van der Waals surface area contributed by atoms with E-state index in [2.05, 4.69) is 0 Å². The topological polar surface area (TPSA) is 47.5 Å². The van der Waals surface area contributed by atoms with Crippen LogP contribution in [0.1, 0.15) is 0 Å². The van der Waals surface area contributed by atoms with Crippen molar-refractivity contribution < 1.29 is 0 Å². The smallest absolute Gasteiger partial charge is 0.263 e. The van der Waals surface area contributed by atoms with Crippen molar-refractivity contribution in [1.82, 2.24) is 4.40 Å². The molecule has 0 fully saturated rings. The highest BCUT2D eigenvalue weighted by Crippen LogP contribution is 2.35. The van der Waals surface area contributed by atoms with E-state index < -0.39 is 0 Å². The molecule has 2 heterocycles. The van der Waals surface area contributed by atoms with Crippen molar-refractivity contribution >= 4 is 43.7 Å². The van der Waals surface area contributed by atoms with Gasteiger partial charge in [-0.1, -0.05) is 36.4 Å². The van der Waals surface area contributed by atoms with Gasteiger partial charge in [-0.25, -0.2) is 0 Å². The quantitative estimate of drug-likeness (QED) is 0.347. The predicted molar refractivity (Wildman–Crippen MR) is 91.8 cm³/mol. The highest BCUT2D eigenvalue weighted by Gasteiger charge is 2.16. The van der Waals surface area contributed by atoms with E-state index in [1.807, 2.05) is 65.1 Å². The van der Waals surface area contributed by atoms with Crippen molar-refractivity contribution in [2.75, 3.05) is 5.73 Å². The number of aromatic nitrogens is 1. The summed E-state index contributed by atoms with van der Waals surface area (Å²) in [6, 6.07) is 19.6. The summed E-state index contributed by atoms with van der Waals surface area (Å²) >= 11 is 0. The molecule has 22 heavy (non-hydrogen) atoms. The molecule has 0 aliphatic carbocycles. The van der Waals surface area contributed by atoms with Gasteiger partial charge in [0.15, 0.2) is 0 Å². The first-order valence-corrected chi connectivity index (χ1v) is 7.22. The molecule has 0 radical (unpaired) electrons. The van der Waals surface area contributed by atoms with Crippen LogP contribution in [-0.2, 0) is 0 Å². The molecule has 0 saturated carbocycles. The Morgan fingerprint density at radius 1 is 0.727 bits per heavy atom. The van der Waals surface area contributed by atoms with Gasteiger partial charge >= 0.3 is 0 Å². The lowest BCUT2D eigenvalue weighted by Crippen LogP contribution is -2.12. The number of nitrogens with zero attached hydrogens (tertiary/aromatic N) is 1. The zero-order chi connectivity index (χ0) is 14.8. The largest absolute Gasteiger partial charge is 0.399 e. The first-order valence-electron chi connectivity index (χ1n) is 7.22. The highest BCUT2D eigenvalue weighted by molar-refractivity contribution is 6.21. The van der Waals surface area contributed by atoms with E-state index in [1.54, 1.807) is 0 Å². The molecule has 104 valence electrons. The fraction of sp³-hybridized carbons (Fsp3) is 0. The summed E-state index contributed by atoms with van der Waals surface area (Å²) in [4.78, 5) is 13.0. The van der Waals surface area contributed by atoms with E-state index in [0.29, 0.717) is 0 Å². The second-order valence-corrected chi connectivity index (χ2v) is 5.67. The fourth-order valence-corrected chi connectivity index (χ4v) is 3.56. The summed E-state index contributed by atoms with van der Waals surface area (Å²) in [5, 5.41) is 4.81. The molecule has 0 aliphatic rings. The van der Waals surface area contributed by atoms with Crippen LogP contribution in [0.5, 0.6) is 0 Å². The number of para-hydroxylation sites is 1. The molecular formula is C19H12N2O. The Bertz CT molecular complexity index is 1250. The third-order valence-electron chi connectivity index (χ3n) is 4.44. The van der Waals surface area contributed by atoms with E-state index in [4.69, 9.17) is 5.73 Å². The average molecular weight is 284 g/mol. The SMILES string of the molecule is Nc1cc2c3ccccc3c(=O)n3c4ccccc4c(c1)c23. The zero-order valence-electron chi connectivity index (χ0n) is 11.7. The van der Waals surface area contributed by atoms with Crippen molar-refractivity contribution in [1.29, 1.82) is 0 Å². The van der Waals surface area contributed by atoms with E-state index in [1.165, 1.54) is 0 Å². The number of hydrogen-bond donors (Lipinski definition) is 1. The molecule has 0 spiro atoms. The summed E-state index contributed by atoms with van der Waals surface area (Å²) in [7, 11) is 0. The van der Waals surface area contributed by atoms with Gasteiger partial charge in [0.25, 0.3) is 5.56 Å². The summed E-state index contributed by atoms with van der Waals surface area (Å²) in [6.45, 7) is 0. The van der Waals surface area contributed by atoms with Gasteiger partial charge in [0.2, 0.25) is 0 Å². The first-order chi connectivity index (χ1) is 10.8. The van der Waals surface area contributed by atoms with Crippen molar-refractivity contribution in [2.45, 2.75) is 0 Å². The molecule has 0 unspecified atom stereocenters. The molecule has 5 rings (SSSR count). The Balaban J connectivity index is 2.32. The van der Waals surface area contributed by atoms with Crippen molar-refractivity contribution in [3.63, 3.8) is 0 Å². The minimum atomic E-state index is 0.0269. The lowest BCUT2D eigenvalue weighted by molar-refractivity contribution is 1.21. The number of anilines is 1. The van der Waals surface area contributed by atoms with Gasteiger partial charge in [-0.3, -0.25) is 9.20 Å². The number of rotatable bonds is 0. The maximum Gasteiger partial charge on any atom is 0.263 e. The molecule has 0 aliphatic heterocycles. The molecule has 3 heteroatoms. The van der Waals surface area contributed by atoms with Gasteiger partial charge < -0.3 is 5.73 Å². The summed E-state index contributed by atoms with van der Waals surface area (Å²) in [5.41, 5.74) is 8.76. The van der Waals surface area contributed by atoms with Crippen LogP contribution in [-0.4, -0.2) is 4.40 Å². The van der Waals surface area contributed by atoms with Crippen LogP contribution in [0.15, 0.2) is 65.5 Å². The van der Waals surface area contributed by atoms with Crippen molar-refractivity contribution in [2.24, 2.45) is 0 Å². The predicted octanol–water partition coefficient (Wildman–Crippen LogP) is 3.78.